The minimum absolute atomic E-state index is 0.0804. The van der Waals surface area contributed by atoms with Crippen molar-refractivity contribution in [2.75, 3.05) is 48.6 Å². The molecule has 3 N–H and O–H groups in total. The highest BCUT2D eigenvalue weighted by Gasteiger charge is 2.26. The molecule has 10 nitrogen and oxygen atoms in total. The summed E-state index contributed by atoms with van der Waals surface area (Å²) >= 11 is 0. The van der Waals surface area contributed by atoms with Gasteiger partial charge in [-0.1, -0.05) is 13.0 Å². The first-order valence-electron chi connectivity index (χ1n) is 13.4. The Bertz CT molecular complexity index is 1280. The summed E-state index contributed by atoms with van der Waals surface area (Å²) < 4.78 is 25.6. The number of hydrazine groups is 1. The van der Waals surface area contributed by atoms with E-state index in [4.69, 9.17) is 9.47 Å². The van der Waals surface area contributed by atoms with Gasteiger partial charge < -0.3 is 19.7 Å². The summed E-state index contributed by atoms with van der Waals surface area (Å²) in [4.78, 5) is 26.9. The summed E-state index contributed by atoms with van der Waals surface area (Å²) in [5.41, 5.74) is 9.66. The fraction of sp³-hybridized carbons (Fsp3) is 0.429. The van der Waals surface area contributed by atoms with Gasteiger partial charge in [0.1, 0.15) is 5.69 Å². The van der Waals surface area contributed by atoms with E-state index in [0.29, 0.717) is 32.2 Å². The van der Waals surface area contributed by atoms with Crippen molar-refractivity contribution in [2.45, 2.75) is 45.1 Å². The van der Waals surface area contributed by atoms with Crippen molar-refractivity contribution in [3.8, 4) is 0 Å². The van der Waals surface area contributed by atoms with Crippen molar-refractivity contribution in [3.63, 3.8) is 0 Å². The van der Waals surface area contributed by atoms with Crippen molar-refractivity contribution in [2.24, 2.45) is 0 Å². The van der Waals surface area contributed by atoms with Crippen molar-refractivity contribution < 1.29 is 18.7 Å². The van der Waals surface area contributed by atoms with Gasteiger partial charge in [0.2, 0.25) is 5.95 Å². The van der Waals surface area contributed by atoms with Crippen molar-refractivity contribution in [3.05, 3.63) is 65.4 Å². The van der Waals surface area contributed by atoms with E-state index in [1.54, 1.807) is 18.3 Å². The van der Waals surface area contributed by atoms with E-state index in [0.717, 1.165) is 43.4 Å². The molecule has 3 aromatic rings. The smallest absolute Gasteiger partial charge is 0.288 e. The average Bonchev–Trinajstić information content (AvgIpc) is 3.20. The fourth-order valence-corrected chi connectivity index (χ4v) is 4.92. The average molecular weight is 536 g/mol. The van der Waals surface area contributed by atoms with E-state index in [9.17, 15) is 9.18 Å². The number of nitrogens with one attached hydrogen (secondary N) is 3. The second-order valence-electron chi connectivity index (χ2n) is 9.74. The zero-order valence-electron chi connectivity index (χ0n) is 22.2. The lowest BCUT2D eigenvalue weighted by Crippen LogP contribution is -2.32. The van der Waals surface area contributed by atoms with Crippen LogP contribution in [0.15, 0.2) is 42.7 Å². The number of anilines is 4. The highest BCUT2D eigenvalue weighted by atomic mass is 19.1. The summed E-state index contributed by atoms with van der Waals surface area (Å²) in [7, 11) is 0. The van der Waals surface area contributed by atoms with Crippen LogP contribution in [0.1, 0.15) is 54.2 Å². The number of carbonyl (C=O) groups is 1. The lowest BCUT2D eigenvalue weighted by molar-refractivity contribution is 0.0957. The zero-order valence-corrected chi connectivity index (χ0v) is 22.2. The number of halogens is 1. The van der Waals surface area contributed by atoms with E-state index in [1.165, 1.54) is 11.1 Å². The van der Waals surface area contributed by atoms with Crippen LogP contribution in [0.25, 0.3) is 0 Å². The number of rotatable bonds is 8. The molecule has 2 fully saturated rings. The zero-order chi connectivity index (χ0) is 27.2. The third kappa shape index (κ3) is 6.61. The van der Waals surface area contributed by atoms with Crippen molar-refractivity contribution in [1.82, 2.24) is 20.4 Å². The molecule has 1 amide bonds. The van der Waals surface area contributed by atoms with Gasteiger partial charge in [-0.25, -0.2) is 14.4 Å². The largest absolute Gasteiger partial charge is 0.380 e. The molecule has 2 unspecified atom stereocenters. The van der Waals surface area contributed by atoms with E-state index in [1.807, 2.05) is 4.90 Å². The van der Waals surface area contributed by atoms with Gasteiger partial charge >= 0.3 is 0 Å². The molecule has 0 saturated carbocycles. The van der Waals surface area contributed by atoms with E-state index in [2.05, 4.69) is 63.2 Å². The number of pyridine rings is 1. The van der Waals surface area contributed by atoms with Gasteiger partial charge in [-0.3, -0.25) is 15.6 Å². The molecule has 0 radical (unpaired) electrons. The molecule has 0 bridgehead atoms. The number of hydrogen-bond donors (Lipinski definition) is 3. The summed E-state index contributed by atoms with van der Waals surface area (Å²) in [5.74, 6) is -0.359. The second-order valence-corrected chi connectivity index (χ2v) is 9.74. The van der Waals surface area contributed by atoms with Crippen LogP contribution in [0, 0.1) is 5.82 Å². The Balaban J connectivity index is 1.21. The molecule has 11 heteroatoms. The molecule has 2 atom stereocenters. The topological polar surface area (TPSA) is 114 Å². The molecule has 5 rings (SSSR count). The molecule has 4 heterocycles. The number of carbonyl (C=O) groups excluding carboxylic acids is 1. The molecule has 2 aliphatic heterocycles. The number of amides is 1. The van der Waals surface area contributed by atoms with E-state index >= 15 is 0 Å². The third-order valence-electron chi connectivity index (χ3n) is 7.05. The van der Waals surface area contributed by atoms with Gasteiger partial charge in [0, 0.05) is 37.9 Å². The predicted molar refractivity (Wildman–Crippen MR) is 147 cm³/mol. The molecule has 0 spiro atoms. The van der Waals surface area contributed by atoms with Gasteiger partial charge in [0.25, 0.3) is 5.91 Å². The minimum atomic E-state index is -0.527. The Labute approximate surface area is 227 Å². The SMILES string of the molecule is CCc1cc(Nc2ccc(C(=O)NNc3ncc(F)c(N4CCCOCC4)n3)nc2)cc(C2CCOC2C)c1. The molecular formula is C28H34FN7O3. The van der Waals surface area contributed by atoms with Gasteiger partial charge in [-0.05, 0) is 61.6 Å². The normalized spacial score (nSPS) is 19.4. The Kier molecular flexibility index (Phi) is 8.48. The lowest BCUT2D eigenvalue weighted by atomic mass is 9.91. The van der Waals surface area contributed by atoms with Gasteiger partial charge in [0.15, 0.2) is 11.6 Å². The fourth-order valence-electron chi connectivity index (χ4n) is 4.92. The van der Waals surface area contributed by atoms with Crippen LogP contribution in [0.3, 0.4) is 0 Å². The van der Waals surface area contributed by atoms with Gasteiger partial charge in [0.05, 0.1) is 30.8 Å². The number of benzene rings is 1. The molecule has 2 saturated heterocycles. The van der Waals surface area contributed by atoms with Crippen molar-refractivity contribution >= 4 is 29.0 Å². The highest BCUT2D eigenvalue weighted by Crippen LogP contribution is 2.34. The Hall–Kier alpha value is -3.83. The maximum atomic E-state index is 14.4. The van der Waals surface area contributed by atoms with Crippen LogP contribution < -0.4 is 21.1 Å². The van der Waals surface area contributed by atoms with Crippen LogP contribution in [-0.4, -0.2) is 59.9 Å². The highest BCUT2D eigenvalue weighted by molar-refractivity contribution is 5.93. The number of aryl methyl sites for hydroxylation is 1. The van der Waals surface area contributed by atoms with Crippen LogP contribution in [-0.2, 0) is 15.9 Å². The minimum Gasteiger partial charge on any atom is -0.380 e. The first-order chi connectivity index (χ1) is 19.0. The van der Waals surface area contributed by atoms with Crippen LogP contribution in [0.2, 0.25) is 0 Å². The molecule has 39 heavy (non-hydrogen) atoms. The number of aromatic nitrogens is 3. The second kappa shape index (κ2) is 12.4. The summed E-state index contributed by atoms with van der Waals surface area (Å²) in [6, 6.07) is 9.98. The van der Waals surface area contributed by atoms with E-state index in [-0.39, 0.29) is 23.6 Å². The molecular weight excluding hydrogens is 501 g/mol. The predicted octanol–water partition coefficient (Wildman–Crippen LogP) is 4.19. The number of ether oxygens (including phenoxy) is 2. The molecule has 2 aromatic heterocycles. The third-order valence-corrected chi connectivity index (χ3v) is 7.05. The first-order valence-corrected chi connectivity index (χ1v) is 13.4. The molecule has 0 aliphatic carbocycles. The van der Waals surface area contributed by atoms with Crippen molar-refractivity contribution in [1.29, 1.82) is 0 Å². The standard InChI is InChI=1S/C28H34FN7O3/c1-3-19-13-20(23-7-11-39-18(23)2)15-22(14-19)32-21-5-6-25(30-16-21)27(37)34-35-28-31-17-24(29)26(33-28)36-8-4-10-38-12-9-36/h5-6,13-18,23,32H,3-4,7-12H2,1-2H3,(H,34,37)(H,31,33,35). The Morgan fingerprint density at radius 2 is 2.00 bits per heavy atom. The number of hydrogen-bond acceptors (Lipinski definition) is 9. The molecule has 2 aliphatic rings. The monoisotopic (exact) mass is 535 g/mol. The van der Waals surface area contributed by atoms with Gasteiger partial charge in [-0.15, -0.1) is 0 Å². The Morgan fingerprint density at radius 3 is 2.77 bits per heavy atom. The quantitative estimate of drug-likeness (QED) is 0.365. The van der Waals surface area contributed by atoms with Crippen LogP contribution >= 0.6 is 0 Å². The molecule has 1 aromatic carbocycles. The molecule has 206 valence electrons. The lowest BCUT2D eigenvalue weighted by Gasteiger charge is -2.21. The first kappa shape index (κ1) is 26.8. The number of nitrogens with zero attached hydrogens (tertiary/aromatic N) is 4. The van der Waals surface area contributed by atoms with Crippen LogP contribution in [0.5, 0.6) is 0 Å². The summed E-state index contributed by atoms with van der Waals surface area (Å²) in [5, 5.41) is 3.41. The maximum absolute atomic E-state index is 14.4. The maximum Gasteiger partial charge on any atom is 0.288 e. The summed E-state index contributed by atoms with van der Waals surface area (Å²) in [6.07, 6.45) is 5.63. The van der Waals surface area contributed by atoms with Gasteiger partial charge in [-0.2, -0.15) is 4.98 Å². The summed E-state index contributed by atoms with van der Waals surface area (Å²) in [6.45, 7) is 7.34. The van der Waals surface area contributed by atoms with Crippen LogP contribution in [0.4, 0.5) is 27.5 Å². The Morgan fingerprint density at radius 1 is 1.10 bits per heavy atom. The van der Waals surface area contributed by atoms with E-state index < -0.39 is 11.7 Å².